The van der Waals surface area contributed by atoms with Crippen molar-refractivity contribution >= 4 is 7.82 Å². The van der Waals surface area contributed by atoms with Crippen LogP contribution in [0.1, 0.15) is 11.1 Å². The monoisotopic (exact) mass is 292 g/mol. The normalized spacial score (nSPS) is 11.4. The molecule has 5 heteroatoms. The van der Waals surface area contributed by atoms with Crippen molar-refractivity contribution < 1.29 is 18.1 Å². The summed E-state index contributed by atoms with van der Waals surface area (Å²) in [4.78, 5) is 0. The molecule has 0 unspecified atom stereocenters. The second-order valence-corrected chi connectivity index (χ2v) is 5.92. The van der Waals surface area contributed by atoms with E-state index in [1.54, 1.807) is 0 Å². The first-order valence-electron chi connectivity index (χ1n) is 6.24. The summed E-state index contributed by atoms with van der Waals surface area (Å²) >= 11 is 0. The zero-order valence-corrected chi connectivity index (χ0v) is 12.2. The van der Waals surface area contributed by atoms with Gasteiger partial charge in [-0.15, -0.1) is 0 Å². The van der Waals surface area contributed by atoms with Gasteiger partial charge in [0.25, 0.3) is 0 Å². The lowest BCUT2D eigenvalue weighted by molar-refractivity contribution is 0.120. The van der Waals surface area contributed by atoms with E-state index in [0.717, 1.165) is 11.1 Å². The van der Waals surface area contributed by atoms with Crippen molar-refractivity contribution in [2.24, 2.45) is 0 Å². The molecule has 0 heterocycles. The Morgan fingerprint density at radius 3 is 1.55 bits per heavy atom. The number of hydrogen-bond acceptors (Lipinski definition) is 4. The molecule has 0 bridgehead atoms. The maximum absolute atomic E-state index is 12.3. The molecule has 0 aliphatic rings. The third-order valence-electron chi connectivity index (χ3n) is 2.69. The molecular weight excluding hydrogens is 275 g/mol. The van der Waals surface area contributed by atoms with Crippen LogP contribution in [0.25, 0.3) is 0 Å². The minimum Gasteiger partial charge on any atom is -0.290 e. The first-order chi connectivity index (χ1) is 9.72. The minimum absolute atomic E-state index is 0.181. The highest BCUT2D eigenvalue weighted by atomic mass is 31.2. The van der Waals surface area contributed by atoms with E-state index in [9.17, 15) is 4.57 Å². The zero-order chi connectivity index (χ0) is 14.3. The lowest BCUT2D eigenvalue weighted by Crippen LogP contribution is -1.99. The highest BCUT2D eigenvalue weighted by Crippen LogP contribution is 2.49. The van der Waals surface area contributed by atoms with Crippen LogP contribution in [0.4, 0.5) is 0 Å². The Bertz CT molecular complexity index is 509. The van der Waals surface area contributed by atoms with Crippen LogP contribution in [0.3, 0.4) is 0 Å². The molecule has 0 saturated carbocycles. The summed E-state index contributed by atoms with van der Waals surface area (Å²) in [5.74, 6) is 0. The third-order valence-corrected chi connectivity index (χ3v) is 4.03. The number of benzene rings is 2. The van der Waals surface area contributed by atoms with Gasteiger partial charge in [-0.3, -0.25) is 13.6 Å². The van der Waals surface area contributed by atoms with Crippen LogP contribution in [0.5, 0.6) is 0 Å². The van der Waals surface area contributed by atoms with Crippen LogP contribution in [0.15, 0.2) is 60.7 Å². The summed E-state index contributed by atoms with van der Waals surface area (Å²) < 4.78 is 27.7. The molecule has 0 radical (unpaired) electrons. The van der Waals surface area contributed by atoms with E-state index in [-0.39, 0.29) is 13.2 Å². The molecule has 0 spiro atoms. The maximum Gasteiger partial charge on any atom is 0.475 e. The second kappa shape index (κ2) is 7.36. The fourth-order valence-corrected chi connectivity index (χ4v) is 2.50. The van der Waals surface area contributed by atoms with Gasteiger partial charge in [0, 0.05) is 7.11 Å². The summed E-state index contributed by atoms with van der Waals surface area (Å²) in [5.41, 5.74) is 1.82. The third kappa shape index (κ3) is 4.58. The predicted octanol–water partition coefficient (Wildman–Crippen LogP) is 4.17. The number of phosphoric ester groups is 1. The van der Waals surface area contributed by atoms with Gasteiger partial charge in [-0.2, -0.15) is 0 Å². The SMILES string of the molecule is COP(=O)(OCc1ccccc1)OCc1ccccc1. The Morgan fingerprint density at radius 2 is 1.20 bits per heavy atom. The van der Waals surface area contributed by atoms with Crippen molar-refractivity contribution in [3.8, 4) is 0 Å². The average molecular weight is 292 g/mol. The zero-order valence-electron chi connectivity index (χ0n) is 11.3. The molecule has 0 fully saturated rings. The average Bonchev–Trinajstić information content (AvgIpc) is 2.53. The molecule has 0 amide bonds. The number of phosphoric acid groups is 1. The quantitative estimate of drug-likeness (QED) is 0.718. The Labute approximate surface area is 118 Å². The van der Waals surface area contributed by atoms with Crippen molar-refractivity contribution in [1.29, 1.82) is 0 Å². The fourth-order valence-electron chi connectivity index (χ4n) is 1.60. The van der Waals surface area contributed by atoms with Crippen LogP contribution < -0.4 is 0 Å². The van der Waals surface area contributed by atoms with Gasteiger partial charge in [0.15, 0.2) is 0 Å². The lowest BCUT2D eigenvalue weighted by atomic mass is 10.2. The topological polar surface area (TPSA) is 44.8 Å². The van der Waals surface area contributed by atoms with Crippen LogP contribution in [-0.4, -0.2) is 7.11 Å². The standard InChI is InChI=1S/C15H17O4P/c1-17-20(16,18-12-14-8-4-2-5-9-14)19-13-15-10-6-3-7-11-15/h2-11H,12-13H2,1H3. The van der Waals surface area contributed by atoms with Gasteiger partial charge in [-0.05, 0) is 11.1 Å². The van der Waals surface area contributed by atoms with Gasteiger partial charge in [-0.1, -0.05) is 60.7 Å². The molecule has 0 aromatic heterocycles. The van der Waals surface area contributed by atoms with Gasteiger partial charge >= 0.3 is 7.82 Å². The molecule has 2 aromatic rings. The van der Waals surface area contributed by atoms with Gasteiger partial charge in [0.1, 0.15) is 0 Å². The smallest absolute Gasteiger partial charge is 0.290 e. The highest BCUT2D eigenvalue weighted by Gasteiger charge is 2.24. The summed E-state index contributed by atoms with van der Waals surface area (Å²) in [5, 5.41) is 0. The Hall–Kier alpha value is -1.45. The van der Waals surface area contributed by atoms with Gasteiger partial charge in [-0.25, -0.2) is 4.57 Å². The Morgan fingerprint density at radius 1 is 0.800 bits per heavy atom. The van der Waals surface area contributed by atoms with Crippen molar-refractivity contribution in [3.05, 3.63) is 71.8 Å². The van der Waals surface area contributed by atoms with Crippen LogP contribution >= 0.6 is 7.82 Å². The molecule has 0 saturated heterocycles. The fraction of sp³-hybridized carbons (Fsp3) is 0.200. The largest absolute Gasteiger partial charge is 0.475 e. The van der Waals surface area contributed by atoms with Crippen molar-refractivity contribution in [2.75, 3.05) is 7.11 Å². The van der Waals surface area contributed by atoms with Crippen molar-refractivity contribution in [2.45, 2.75) is 13.2 Å². The molecule has 20 heavy (non-hydrogen) atoms. The van der Waals surface area contributed by atoms with E-state index in [1.807, 2.05) is 60.7 Å². The summed E-state index contributed by atoms with van der Waals surface area (Å²) in [7, 11) is -2.21. The summed E-state index contributed by atoms with van der Waals surface area (Å²) in [6.07, 6.45) is 0. The molecule has 0 N–H and O–H groups in total. The Balaban J connectivity index is 1.90. The number of hydrogen-bond donors (Lipinski definition) is 0. The minimum atomic E-state index is -3.53. The molecular formula is C15H17O4P. The van der Waals surface area contributed by atoms with E-state index in [2.05, 4.69) is 0 Å². The number of rotatable bonds is 7. The highest BCUT2D eigenvalue weighted by molar-refractivity contribution is 7.48. The van der Waals surface area contributed by atoms with E-state index < -0.39 is 7.82 Å². The van der Waals surface area contributed by atoms with Gasteiger partial charge in [0.2, 0.25) is 0 Å². The second-order valence-electron chi connectivity index (χ2n) is 4.15. The van der Waals surface area contributed by atoms with Crippen molar-refractivity contribution in [1.82, 2.24) is 0 Å². The maximum atomic E-state index is 12.3. The first kappa shape index (κ1) is 14.9. The van der Waals surface area contributed by atoms with Crippen LogP contribution in [-0.2, 0) is 31.4 Å². The molecule has 0 atom stereocenters. The van der Waals surface area contributed by atoms with Crippen LogP contribution in [0, 0.1) is 0 Å². The molecule has 0 aliphatic heterocycles. The van der Waals surface area contributed by atoms with Crippen molar-refractivity contribution in [3.63, 3.8) is 0 Å². The summed E-state index contributed by atoms with van der Waals surface area (Å²) in [6, 6.07) is 18.9. The molecule has 2 aromatic carbocycles. The van der Waals surface area contributed by atoms with Gasteiger partial charge in [0.05, 0.1) is 13.2 Å². The lowest BCUT2D eigenvalue weighted by Gasteiger charge is -2.16. The molecule has 2 rings (SSSR count). The van der Waals surface area contributed by atoms with E-state index in [0.29, 0.717) is 0 Å². The molecule has 4 nitrogen and oxygen atoms in total. The van der Waals surface area contributed by atoms with E-state index >= 15 is 0 Å². The molecule has 0 aliphatic carbocycles. The first-order valence-corrected chi connectivity index (χ1v) is 7.70. The predicted molar refractivity (Wildman–Crippen MR) is 77.1 cm³/mol. The van der Waals surface area contributed by atoms with E-state index in [1.165, 1.54) is 7.11 Å². The van der Waals surface area contributed by atoms with E-state index in [4.69, 9.17) is 13.6 Å². The molecule has 106 valence electrons. The summed E-state index contributed by atoms with van der Waals surface area (Å²) in [6.45, 7) is 0.363. The Kier molecular flexibility index (Phi) is 5.50. The van der Waals surface area contributed by atoms with Crippen LogP contribution in [0.2, 0.25) is 0 Å². The van der Waals surface area contributed by atoms with Gasteiger partial charge < -0.3 is 0 Å².